The molecule has 0 aliphatic carbocycles. The van der Waals surface area contributed by atoms with Crippen LogP contribution in [0, 0.1) is 0 Å². The van der Waals surface area contributed by atoms with E-state index in [0.717, 1.165) is 36.4 Å². The fourth-order valence-electron chi connectivity index (χ4n) is 2.77. The van der Waals surface area contributed by atoms with Gasteiger partial charge in [0.2, 0.25) is 0 Å². The molecule has 1 aliphatic rings. The summed E-state index contributed by atoms with van der Waals surface area (Å²) in [7, 11) is 1.76. The minimum atomic E-state index is 0.458. The molecule has 1 aromatic carbocycles. The zero-order valence-corrected chi connectivity index (χ0v) is 13.4. The maximum absolute atomic E-state index is 5.56. The molecule has 0 bridgehead atoms. The van der Waals surface area contributed by atoms with E-state index in [1.54, 1.807) is 7.11 Å². The lowest BCUT2D eigenvalue weighted by molar-refractivity contribution is 0.162. The Labute approximate surface area is 124 Å². The lowest BCUT2D eigenvalue weighted by Crippen LogP contribution is -2.45. The number of methoxy groups -OCH3 is 1. The molecule has 1 N–H and O–H groups in total. The van der Waals surface area contributed by atoms with Crippen molar-refractivity contribution in [3.8, 4) is 5.75 Å². The fraction of sp³-hybridized carbons (Fsp3) is 0.600. The summed E-state index contributed by atoms with van der Waals surface area (Å²) in [6.45, 7) is 6.63. The lowest BCUT2D eigenvalue weighted by atomic mass is 9.99. The number of piperazine rings is 1. The van der Waals surface area contributed by atoms with Crippen molar-refractivity contribution in [2.75, 3.05) is 33.3 Å². The standard InChI is InChI=1S/C15H23BrN2O/c1-3-4-14(18-9-7-17-8-10-18)13-11-12(16)5-6-15(13)19-2/h5-6,11,14,17H,3-4,7-10H2,1-2H3/t14-/m0/s1. The number of ether oxygens (including phenoxy) is 1. The van der Waals surface area contributed by atoms with Gasteiger partial charge in [0.1, 0.15) is 5.75 Å². The Hall–Kier alpha value is -0.580. The highest BCUT2D eigenvalue weighted by Gasteiger charge is 2.24. The molecule has 1 fully saturated rings. The summed E-state index contributed by atoms with van der Waals surface area (Å²) in [5.41, 5.74) is 1.31. The highest BCUT2D eigenvalue weighted by Crippen LogP contribution is 2.34. The lowest BCUT2D eigenvalue weighted by Gasteiger charge is -2.35. The summed E-state index contributed by atoms with van der Waals surface area (Å²) in [6, 6.07) is 6.77. The molecule has 0 unspecified atom stereocenters. The predicted octanol–water partition coefficient (Wildman–Crippen LogP) is 3.20. The van der Waals surface area contributed by atoms with Gasteiger partial charge in [-0.15, -0.1) is 0 Å². The van der Waals surface area contributed by atoms with Crippen LogP contribution in [0.3, 0.4) is 0 Å². The number of nitrogens with one attached hydrogen (secondary N) is 1. The first-order valence-corrected chi connectivity index (χ1v) is 7.83. The predicted molar refractivity (Wildman–Crippen MR) is 82.8 cm³/mol. The quantitative estimate of drug-likeness (QED) is 0.899. The number of halogens is 1. The molecule has 0 radical (unpaired) electrons. The maximum atomic E-state index is 5.56. The van der Waals surface area contributed by atoms with Crippen LogP contribution in [-0.2, 0) is 0 Å². The van der Waals surface area contributed by atoms with Crippen molar-refractivity contribution in [2.24, 2.45) is 0 Å². The van der Waals surface area contributed by atoms with Crippen LogP contribution in [0.25, 0.3) is 0 Å². The van der Waals surface area contributed by atoms with E-state index >= 15 is 0 Å². The molecule has 19 heavy (non-hydrogen) atoms. The average molecular weight is 327 g/mol. The monoisotopic (exact) mass is 326 g/mol. The van der Waals surface area contributed by atoms with E-state index < -0.39 is 0 Å². The van der Waals surface area contributed by atoms with Crippen LogP contribution in [0.1, 0.15) is 31.4 Å². The third kappa shape index (κ3) is 3.71. The second kappa shape index (κ2) is 7.27. The van der Waals surface area contributed by atoms with Gasteiger partial charge in [0, 0.05) is 42.3 Å². The van der Waals surface area contributed by atoms with Crippen molar-refractivity contribution in [3.05, 3.63) is 28.2 Å². The summed E-state index contributed by atoms with van der Waals surface area (Å²) in [5.74, 6) is 1.00. The molecule has 4 heteroatoms. The van der Waals surface area contributed by atoms with Crippen molar-refractivity contribution < 1.29 is 4.74 Å². The van der Waals surface area contributed by atoms with Crippen LogP contribution in [0.15, 0.2) is 22.7 Å². The summed E-state index contributed by atoms with van der Waals surface area (Å²) in [6.07, 6.45) is 2.36. The second-order valence-electron chi connectivity index (χ2n) is 4.98. The SMILES string of the molecule is CCC[C@@H](c1cc(Br)ccc1OC)N1CCNCC1. The molecule has 0 saturated carbocycles. The molecule has 1 saturated heterocycles. The summed E-state index contributed by atoms with van der Waals surface area (Å²) in [5, 5.41) is 3.42. The van der Waals surface area contributed by atoms with Gasteiger partial charge in [0.15, 0.2) is 0 Å². The van der Waals surface area contributed by atoms with E-state index in [4.69, 9.17) is 4.74 Å². The van der Waals surface area contributed by atoms with E-state index in [9.17, 15) is 0 Å². The smallest absolute Gasteiger partial charge is 0.123 e. The Bertz CT molecular complexity index is 405. The maximum Gasteiger partial charge on any atom is 0.123 e. The van der Waals surface area contributed by atoms with Gasteiger partial charge < -0.3 is 10.1 Å². The molecule has 0 amide bonds. The molecule has 1 heterocycles. The van der Waals surface area contributed by atoms with Crippen molar-refractivity contribution in [1.29, 1.82) is 0 Å². The van der Waals surface area contributed by atoms with Crippen LogP contribution in [-0.4, -0.2) is 38.2 Å². The van der Waals surface area contributed by atoms with Crippen LogP contribution < -0.4 is 10.1 Å². The van der Waals surface area contributed by atoms with Gasteiger partial charge in [-0.05, 0) is 24.6 Å². The molecule has 0 spiro atoms. The van der Waals surface area contributed by atoms with Crippen molar-refractivity contribution in [1.82, 2.24) is 10.2 Å². The van der Waals surface area contributed by atoms with E-state index in [-0.39, 0.29) is 0 Å². The third-order valence-corrected chi connectivity index (χ3v) is 4.20. The molecular weight excluding hydrogens is 304 g/mol. The largest absolute Gasteiger partial charge is 0.496 e. The Morgan fingerprint density at radius 3 is 2.74 bits per heavy atom. The highest BCUT2D eigenvalue weighted by molar-refractivity contribution is 9.10. The second-order valence-corrected chi connectivity index (χ2v) is 5.89. The van der Waals surface area contributed by atoms with Gasteiger partial charge in [0.05, 0.1) is 7.11 Å². The summed E-state index contributed by atoms with van der Waals surface area (Å²) >= 11 is 3.58. The highest BCUT2D eigenvalue weighted by atomic mass is 79.9. The minimum Gasteiger partial charge on any atom is -0.496 e. The Balaban J connectivity index is 2.28. The molecule has 3 nitrogen and oxygen atoms in total. The van der Waals surface area contributed by atoms with E-state index in [2.05, 4.69) is 45.2 Å². The molecule has 1 aromatic rings. The van der Waals surface area contributed by atoms with Gasteiger partial charge in [-0.3, -0.25) is 4.90 Å². The van der Waals surface area contributed by atoms with Crippen molar-refractivity contribution in [3.63, 3.8) is 0 Å². The van der Waals surface area contributed by atoms with Gasteiger partial charge in [0.25, 0.3) is 0 Å². The number of nitrogens with zero attached hydrogens (tertiary/aromatic N) is 1. The Morgan fingerprint density at radius 1 is 1.37 bits per heavy atom. The summed E-state index contributed by atoms with van der Waals surface area (Å²) < 4.78 is 6.68. The number of hydrogen-bond acceptors (Lipinski definition) is 3. The van der Waals surface area contributed by atoms with Gasteiger partial charge in [-0.1, -0.05) is 29.3 Å². The van der Waals surface area contributed by atoms with Crippen molar-refractivity contribution >= 4 is 15.9 Å². The molecular formula is C15H23BrN2O. The zero-order chi connectivity index (χ0) is 13.7. The van der Waals surface area contributed by atoms with Gasteiger partial charge >= 0.3 is 0 Å². The van der Waals surface area contributed by atoms with E-state index in [0.29, 0.717) is 6.04 Å². The van der Waals surface area contributed by atoms with E-state index in [1.165, 1.54) is 18.4 Å². The first-order chi connectivity index (χ1) is 9.26. The number of rotatable bonds is 5. The first kappa shape index (κ1) is 14.8. The van der Waals surface area contributed by atoms with Crippen LogP contribution >= 0.6 is 15.9 Å². The summed E-state index contributed by atoms with van der Waals surface area (Å²) in [4.78, 5) is 2.57. The van der Waals surface area contributed by atoms with Gasteiger partial charge in [-0.2, -0.15) is 0 Å². The molecule has 1 aliphatic heterocycles. The Kier molecular flexibility index (Phi) is 5.67. The number of hydrogen-bond donors (Lipinski definition) is 1. The van der Waals surface area contributed by atoms with Crippen LogP contribution in [0.5, 0.6) is 5.75 Å². The van der Waals surface area contributed by atoms with Crippen LogP contribution in [0.2, 0.25) is 0 Å². The normalized spacial score (nSPS) is 18.3. The number of benzene rings is 1. The Morgan fingerprint density at radius 2 is 2.11 bits per heavy atom. The van der Waals surface area contributed by atoms with Gasteiger partial charge in [-0.25, -0.2) is 0 Å². The molecule has 0 aromatic heterocycles. The molecule has 1 atom stereocenters. The first-order valence-electron chi connectivity index (χ1n) is 7.04. The van der Waals surface area contributed by atoms with E-state index in [1.807, 2.05) is 6.07 Å². The van der Waals surface area contributed by atoms with Crippen LogP contribution in [0.4, 0.5) is 0 Å². The molecule has 2 rings (SSSR count). The average Bonchev–Trinajstić information content (AvgIpc) is 2.45. The zero-order valence-electron chi connectivity index (χ0n) is 11.8. The molecule has 106 valence electrons. The van der Waals surface area contributed by atoms with Crippen molar-refractivity contribution in [2.45, 2.75) is 25.8 Å². The fourth-order valence-corrected chi connectivity index (χ4v) is 3.15. The topological polar surface area (TPSA) is 24.5 Å². The minimum absolute atomic E-state index is 0.458. The third-order valence-electron chi connectivity index (χ3n) is 3.71.